The second-order valence-corrected chi connectivity index (χ2v) is 6.85. The molecule has 3 atom stereocenters. The third-order valence-corrected chi connectivity index (χ3v) is 4.45. The number of amides is 3. The predicted molar refractivity (Wildman–Crippen MR) is 105 cm³/mol. The molecule has 3 unspecified atom stereocenters. The highest BCUT2D eigenvalue weighted by Crippen LogP contribution is 2.09. The summed E-state index contributed by atoms with van der Waals surface area (Å²) in [4.78, 5) is 51.6. The fraction of sp³-hybridized carbons (Fsp3) is 0.706. The molecule has 1 saturated heterocycles. The molecule has 0 aromatic heterocycles. The molecule has 1 aliphatic heterocycles. The van der Waals surface area contributed by atoms with Gasteiger partial charge < -0.3 is 38.3 Å². The molecule has 1 rings (SSSR count). The average molecular weight is 413 g/mol. The van der Waals surface area contributed by atoms with Gasteiger partial charge in [0.2, 0.25) is 17.7 Å². The highest BCUT2D eigenvalue weighted by Gasteiger charge is 2.31. The van der Waals surface area contributed by atoms with Gasteiger partial charge in [0.05, 0.1) is 0 Å². The Kier molecular flexibility index (Phi) is 10.4. The molecule has 0 radical (unpaired) electrons. The third kappa shape index (κ3) is 9.23. The molecule has 0 aromatic carbocycles. The molecule has 0 aliphatic carbocycles. The molecule has 1 fully saturated rings. The van der Waals surface area contributed by atoms with Gasteiger partial charge in [-0.2, -0.15) is 0 Å². The number of nitrogens with two attached hydrogens (primary N) is 3. The van der Waals surface area contributed by atoms with E-state index in [4.69, 9.17) is 17.2 Å². The number of unbranched alkanes of at least 4 members (excludes halogenated alkanes) is 1. The molecule has 12 heteroatoms. The maximum Gasteiger partial charge on any atom is 0.326 e. The Labute approximate surface area is 169 Å². The quantitative estimate of drug-likeness (QED) is 0.0970. The van der Waals surface area contributed by atoms with Crippen LogP contribution in [-0.4, -0.2) is 66.0 Å². The minimum atomic E-state index is -1.16. The summed E-state index contributed by atoms with van der Waals surface area (Å²) in [6, 6.07) is -2.78. The lowest BCUT2D eigenvalue weighted by atomic mass is 10.1. The zero-order valence-electron chi connectivity index (χ0n) is 16.4. The van der Waals surface area contributed by atoms with Crippen LogP contribution in [-0.2, 0) is 19.2 Å². The number of nitrogens with one attached hydrogen (secondary N) is 3. The lowest BCUT2D eigenvalue weighted by molar-refractivity contribution is -0.142. The summed E-state index contributed by atoms with van der Waals surface area (Å²) in [6.07, 6.45) is 2.57. The van der Waals surface area contributed by atoms with E-state index in [2.05, 4.69) is 20.9 Å². The first-order valence-corrected chi connectivity index (χ1v) is 9.63. The zero-order valence-corrected chi connectivity index (χ0v) is 16.4. The summed E-state index contributed by atoms with van der Waals surface area (Å²) in [7, 11) is 0. The van der Waals surface area contributed by atoms with Gasteiger partial charge in [-0.15, -0.1) is 0 Å². The highest BCUT2D eigenvalue weighted by molar-refractivity contribution is 5.94. The Morgan fingerprint density at radius 2 is 1.83 bits per heavy atom. The topological polar surface area (TPSA) is 215 Å². The highest BCUT2D eigenvalue weighted by atomic mass is 16.4. The molecule has 1 heterocycles. The van der Waals surface area contributed by atoms with Gasteiger partial charge in [-0.25, -0.2) is 4.79 Å². The lowest BCUT2D eigenvalue weighted by Gasteiger charge is -2.22. The summed E-state index contributed by atoms with van der Waals surface area (Å²) in [5, 5.41) is 16.9. The molecule has 164 valence electrons. The van der Waals surface area contributed by atoms with Crippen molar-refractivity contribution < 1.29 is 24.3 Å². The number of carboxylic acids is 1. The zero-order chi connectivity index (χ0) is 21.8. The SMILES string of the molecule is NCCCCC(NC(=O)C(CCCN=C(N)N)NC(=O)C1CCC(=O)N1)C(=O)O. The van der Waals surface area contributed by atoms with E-state index in [0.717, 1.165) is 0 Å². The summed E-state index contributed by atoms with van der Waals surface area (Å²) >= 11 is 0. The second kappa shape index (κ2) is 12.5. The van der Waals surface area contributed by atoms with Crippen molar-refractivity contribution in [1.82, 2.24) is 16.0 Å². The van der Waals surface area contributed by atoms with Crippen molar-refractivity contribution in [3.8, 4) is 0 Å². The molecule has 0 saturated carbocycles. The number of nitrogens with zero attached hydrogens (tertiary/aromatic N) is 1. The normalized spacial score (nSPS) is 17.7. The summed E-state index contributed by atoms with van der Waals surface area (Å²) in [5.41, 5.74) is 15.9. The van der Waals surface area contributed by atoms with E-state index in [9.17, 15) is 24.3 Å². The molecular formula is C17H31N7O5. The van der Waals surface area contributed by atoms with Gasteiger partial charge in [-0.3, -0.25) is 19.4 Å². The van der Waals surface area contributed by atoms with Crippen molar-refractivity contribution in [3.05, 3.63) is 0 Å². The van der Waals surface area contributed by atoms with Crippen LogP contribution >= 0.6 is 0 Å². The maximum absolute atomic E-state index is 12.6. The van der Waals surface area contributed by atoms with Crippen LogP contribution in [0.15, 0.2) is 4.99 Å². The monoisotopic (exact) mass is 413 g/mol. The van der Waals surface area contributed by atoms with E-state index in [1.807, 2.05) is 0 Å². The van der Waals surface area contributed by atoms with Crippen molar-refractivity contribution in [1.29, 1.82) is 0 Å². The largest absolute Gasteiger partial charge is 0.480 e. The van der Waals surface area contributed by atoms with E-state index in [-0.39, 0.29) is 37.7 Å². The van der Waals surface area contributed by atoms with Crippen LogP contribution in [0, 0.1) is 0 Å². The third-order valence-electron chi connectivity index (χ3n) is 4.45. The first kappa shape index (κ1) is 24.1. The minimum absolute atomic E-state index is 0.0884. The first-order valence-electron chi connectivity index (χ1n) is 9.63. The molecule has 29 heavy (non-hydrogen) atoms. The smallest absolute Gasteiger partial charge is 0.326 e. The lowest BCUT2D eigenvalue weighted by Crippen LogP contribution is -2.54. The maximum atomic E-state index is 12.6. The fourth-order valence-electron chi connectivity index (χ4n) is 2.88. The number of guanidine groups is 1. The first-order chi connectivity index (χ1) is 13.7. The van der Waals surface area contributed by atoms with Gasteiger partial charge in [0.15, 0.2) is 5.96 Å². The molecule has 0 bridgehead atoms. The summed E-state index contributed by atoms with van der Waals surface area (Å²) < 4.78 is 0. The summed E-state index contributed by atoms with van der Waals surface area (Å²) in [6.45, 7) is 0.678. The van der Waals surface area contributed by atoms with Gasteiger partial charge in [0.1, 0.15) is 18.1 Å². The number of aliphatic imine (C=N–C) groups is 1. The molecule has 3 amide bonds. The van der Waals surface area contributed by atoms with E-state index < -0.39 is 35.9 Å². The van der Waals surface area contributed by atoms with E-state index >= 15 is 0 Å². The van der Waals surface area contributed by atoms with Crippen LogP contribution < -0.4 is 33.2 Å². The number of carbonyl (C=O) groups is 4. The van der Waals surface area contributed by atoms with Gasteiger partial charge in [-0.05, 0) is 45.1 Å². The molecule has 0 spiro atoms. The molecule has 1 aliphatic rings. The van der Waals surface area contributed by atoms with Crippen LogP contribution in [0.3, 0.4) is 0 Å². The Morgan fingerprint density at radius 1 is 1.14 bits per heavy atom. The van der Waals surface area contributed by atoms with Crippen LogP contribution in [0.2, 0.25) is 0 Å². The van der Waals surface area contributed by atoms with E-state index in [1.165, 1.54) is 0 Å². The molecule has 12 nitrogen and oxygen atoms in total. The Balaban J connectivity index is 2.74. The van der Waals surface area contributed by atoms with Crippen LogP contribution in [0.4, 0.5) is 0 Å². The van der Waals surface area contributed by atoms with Gasteiger partial charge in [0.25, 0.3) is 0 Å². The van der Waals surface area contributed by atoms with E-state index in [0.29, 0.717) is 32.2 Å². The average Bonchev–Trinajstić information content (AvgIpc) is 3.09. The Hall–Kier alpha value is -2.89. The van der Waals surface area contributed by atoms with Crippen molar-refractivity contribution in [3.63, 3.8) is 0 Å². The Bertz CT molecular complexity index is 621. The number of hydrogen-bond donors (Lipinski definition) is 7. The minimum Gasteiger partial charge on any atom is -0.480 e. The number of hydrogen-bond acceptors (Lipinski definition) is 6. The molecular weight excluding hydrogens is 382 g/mol. The number of aliphatic carboxylic acids is 1. The van der Waals surface area contributed by atoms with Crippen molar-refractivity contribution in [2.45, 2.75) is 63.1 Å². The van der Waals surface area contributed by atoms with Crippen LogP contribution in [0.25, 0.3) is 0 Å². The second-order valence-electron chi connectivity index (χ2n) is 6.85. The molecule has 10 N–H and O–H groups in total. The van der Waals surface area contributed by atoms with Gasteiger partial charge >= 0.3 is 5.97 Å². The standard InChI is InChI=1S/C17H31N7O5/c18-8-2-1-4-12(16(28)29)24-14(26)10(5-3-9-21-17(19)20)23-15(27)11-6-7-13(25)22-11/h10-12H,1-9,18H2,(H,22,25)(H,23,27)(H,24,26)(H,28,29)(H4,19,20,21). The fourth-order valence-corrected chi connectivity index (χ4v) is 2.88. The van der Waals surface area contributed by atoms with Gasteiger partial charge in [0, 0.05) is 13.0 Å². The van der Waals surface area contributed by atoms with Gasteiger partial charge in [-0.1, -0.05) is 0 Å². The number of rotatable bonds is 13. The van der Waals surface area contributed by atoms with Crippen molar-refractivity contribution >= 4 is 29.7 Å². The predicted octanol–water partition coefficient (Wildman–Crippen LogP) is -2.50. The molecule has 0 aromatic rings. The number of carbonyl (C=O) groups excluding carboxylic acids is 3. The van der Waals surface area contributed by atoms with Crippen molar-refractivity contribution in [2.24, 2.45) is 22.2 Å². The van der Waals surface area contributed by atoms with Crippen LogP contribution in [0.1, 0.15) is 44.9 Å². The van der Waals surface area contributed by atoms with Crippen molar-refractivity contribution in [2.75, 3.05) is 13.1 Å². The summed E-state index contributed by atoms with van der Waals surface area (Å²) in [5.74, 6) is -2.59. The number of carboxylic acid groups (broad SMARTS) is 1. The van der Waals surface area contributed by atoms with Crippen LogP contribution in [0.5, 0.6) is 0 Å². The van der Waals surface area contributed by atoms with E-state index in [1.54, 1.807) is 0 Å². The Morgan fingerprint density at radius 3 is 2.38 bits per heavy atom.